The minimum Gasteiger partial charge on any atom is -0.453 e. The zero-order chi connectivity index (χ0) is 17.1. The average molecular weight is 321 g/mol. The molecule has 6 nitrogen and oxygen atoms in total. The number of nitrogens with one attached hydrogen (secondary N) is 2. The predicted molar refractivity (Wildman–Crippen MR) is 87.3 cm³/mol. The summed E-state index contributed by atoms with van der Waals surface area (Å²) in [6.07, 6.45) is 2.76. The van der Waals surface area contributed by atoms with E-state index in [1.54, 1.807) is 0 Å². The number of rotatable bonds is 7. The Labute approximate surface area is 137 Å². The zero-order valence-electron chi connectivity index (χ0n) is 14.6. The first kappa shape index (κ1) is 17.5. The number of ketones is 1. The van der Waals surface area contributed by atoms with E-state index >= 15 is 0 Å². The Morgan fingerprint density at radius 2 is 2.09 bits per heavy atom. The molecule has 0 unspecified atom stereocenters. The molecule has 1 aromatic heterocycles. The SMILES string of the molecule is COC(=O)N[C@H](C(=O)C[C@@H]1C[C@H]1c1ncc(C(C)C)[nH]1)C(C)C. The van der Waals surface area contributed by atoms with Crippen molar-refractivity contribution >= 4 is 11.9 Å². The maximum atomic E-state index is 12.5. The Kier molecular flexibility index (Phi) is 5.44. The van der Waals surface area contributed by atoms with Gasteiger partial charge in [0.2, 0.25) is 0 Å². The largest absolute Gasteiger partial charge is 0.453 e. The molecule has 6 heteroatoms. The van der Waals surface area contributed by atoms with Gasteiger partial charge in [0.05, 0.1) is 13.2 Å². The quantitative estimate of drug-likeness (QED) is 0.808. The Balaban J connectivity index is 1.91. The number of hydrogen-bond acceptors (Lipinski definition) is 4. The van der Waals surface area contributed by atoms with Crippen LogP contribution >= 0.6 is 0 Å². The van der Waals surface area contributed by atoms with Crippen LogP contribution in [0, 0.1) is 11.8 Å². The number of nitrogens with zero attached hydrogens (tertiary/aromatic N) is 1. The smallest absolute Gasteiger partial charge is 0.407 e. The third kappa shape index (κ3) is 4.33. The van der Waals surface area contributed by atoms with Crippen LogP contribution in [0.5, 0.6) is 0 Å². The van der Waals surface area contributed by atoms with Gasteiger partial charge in [-0.2, -0.15) is 0 Å². The average Bonchev–Trinajstić information content (AvgIpc) is 3.07. The number of carbonyl (C=O) groups is 2. The Hall–Kier alpha value is -1.85. The van der Waals surface area contributed by atoms with Gasteiger partial charge in [0.15, 0.2) is 5.78 Å². The fraction of sp³-hybridized carbons (Fsp3) is 0.706. The van der Waals surface area contributed by atoms with Crippen LogP contribution in [-0.4, -0.2) is 35.0 Å². The van der Waals surface area contributed by atoms with Crippen molar-refractivity contribution in [3.05, 3.63) is 17.7 Å². The van der Waals surface area contributed by atoms with Crippen molar-refractivity contribution in [3.63, 3.8) is 0 Å². The molecule has 0 radical (unpaired) electrons. The summed E-state index contributed by atoms with van der Waals surface area (Å²) in [5, 5.41) is 2.64. The molecule has 1 aliphatic carbocycles. The minimum absolute atomic E-state index is 0.0370. The molecular formula is C17H27N3O3. The van der Waals surface area contributed by atoms with Gasteiger partial charge in [-0.25, -0.2) is 9.78 Å². The molecule has 128 valence electrons. The zero-order valence-corrected chi connectivity index (χ0v) is 14.6. The number of aromatic nitrogens is 2. The van der Waals surface area contributed by atoms with E-state index in [0.717, 1.165) is 17.9 Å². The third-order valence-electron chi connectivity index (χ3n) is 4.45. The number of aromatic amines is 1. The maximum Gasteiger partial charge on any atom is 0.407 e. The predicted octanol–water partition coefficient (Wildman–Crippen LogP) is 2.98. The number of amides is 1. The molecule has 0 saturated heterocycles. The fourth-order valence-corrected chi connectivity index (χ4v) is 2.83. The molecule has 1 fully saturated rings. The standard InChI is InChI=1S/C17H27N3O3/c1-9(2)13-8-18-16(19-13)12-6-11(12)7-14(21)15(10(3)4)20-17(22)23-5/h8-12,15H,6-7H2,1-5H3,(H,18,19)(H,20,22)/t11-,12+,15-/m0/s1. The molecule has 2 N–H and O–H groups in total. The van der Waals surface area contributed by atoms with E-state index in [4.69, 9.17) is 0 Å². The van der Waals surface area contributed by atoms with Gasteiger partial charge < -0.3 is 15.0 Å². The van der Waals surface area contributed by atoms with Crippen molar-refractivity contribution in [2.24, 2.45) is 11.8 Å². The fourth-order valence-electron chi connectivity index (χ4n) is 2.83. The highest BCUT2D eigenvalue weighted by atomic mass is 16.5. The summed E-state index contributed by atoms with van der Waals surface area (Å²) in [4.78, 5) is 31.7. The van der Waals surface area contributed by atoms with Crippen molar-refractivity contribution in [3.8, 4) is 0 Å². The van der Waals surface area contributed by atoms with Crippen LogP contribution in [0.1, 0.15) is 63.9 Å². The molecule has 2 rings (SSSR count). The van der Waals surface area contributed by atoms with Gasteiger partial charge in [0, 0.05) is 24.2 Å². The van der Waals surface area contributed by atoms with Crippen LogP contribution in [0.2, 0.25) is 0 Å². The summed E-state index contributed by atoms with van der Waals surface area (Å²) in [7, 11) is 1.30. The number of hydrogen-bond donors (Lipinski definition) is 2. The van der Waals surface area contributed by atoms with Gasteiger partial charge in [0.25, 0.3) is 0 Å². The van der Waals surface area contributed by atoms with Crippen LogP contribution in [0.3, 0.4) is 0 Å². The summed E-state index contributed by atoms with van der Waals surface area (Å²) >= 11 is 0. The number of Topliss-reactive ketones (excluding diaryl/α,β-unsaturated/α-hetero) is 1. The highest BCUT2D eigenvalue weighted by molar-refractivity contribution is 5.88. The van der Waals surface area contributed by atoms with Crippen LogP contribution in [0.4, 0.5) is 4.79 Å². The molecule has 3 atom stereocenters. The second-order valence-electron chi connectivity index (χ2n) is 7.01. The van der Waals surface area contributed by atoms with E-state index in [1.165, 1.54) is 7.11 Å². The highest BCUT2D eigenvalue weighted by Gasteiger charge is 2.43. The van der Waals surface area contributed by atoms with E-state index in [1.807, 2.05) is 20.0 Å². The summed E-state index contributed by atoms with van der Waals surface area (Å²) in [6, 6.07) is -0.494. The van der Waals surface area contributed by atoms with Gasteiger partial charge in [-0.05, 0) is 24.2 Å². The molecular weight excluding hydrogens is 294 g/mol. The first-order valence-electron chi connectivity index (χ1n) is 8.25. The molecule has 1 aromatic rings. The van der Waals surface area contributed by atoms with E-state index in [-0.39, 0.29) is 11.7 Å². The Morgan fingerprint density at radius 3 is 2.61 bits per heavy atom. The highest BCUT2D eigenvalue weighted by Crippen LogP contribution is 2.48. The summed E-state index contributed by atoms with van der Waals surface area (Å²) in [5.74, 6) is 2.15. The lowest BCUT2D eigenvalue weighted by molar-refractivity contribution is -0.122. The summed E-state index contributed by atoms with van der Waals surface area (Å²) in [6.45, 7) is 8.09. The van der Waals surface area contributed by atoms with Crippen molar-refractivity contribution < 1.29 is 14.3 Å². The van der Waals surface area contributed by atoms with Crippen LogP contribution < -0.4 is 5.32 Å². The minimum atomic E-state index is -0.558. The number of ether oxygens (including phenoxy) is 1. The lowest BCUT2D eigenvalue weighted by Gasteiger charge is -2.20. The second-order valence-corrected chi connectivity index (χ2v) is 7.01. The van der Waals surface area contributed by atoms with Crippen LogP contribution in [-0.2, 0) is 9.53 Å². The molecule has 0 spiro atoms. The van der Waals surface area contributed by atoms with Crippen molar-refractivity contribution in [1.29, 1.82) is 0 Å². The molecule has 1 amide bonds. The van der Waals surface area contributed by atoms with Crippen molar-refractivity contribution in [2.75, 3.05) is 7.11 Å². The molecule has 1 aliphatic rings. The monoisotopic (exact) mass is 321 g/mol. The maximum absolute atomic E-state index is 12.5. The normalized spacial score (nSPS) is 21.3. The Bertz CT molecular complexity index is 565. The molecule has 1 saturated carbocycles. The van der Waals surface area contributed by atoms with Gasteiger partial charge in [-0.3, -0.25) is 4.79 Å². The number of H-pyrrole nitrogens is 1. The van der Waals surface area contributed by atoms with E-state index in [2.05, 4.69) is 33.9 Å². The van der Waals surface area contributed by atoms with Gasteiger partial charge >= 0.3 is 6.09 Å². The molecule has 0 aromatic carbocycles. The molecule has 1 heterocycles. The number of imidazole rings is 1. The first-order valence-corrected chi connectivity index (χ1v) is 8.25. The van der Waals surface area contributed by atoms with Crippen molar-refractivity contribution in [1.82, 2.24) is 15.3 Å². The summed E-state index contributed by atoms with van der Waals surface area (Å²) < 4.78 is 4.60. The number of methoxy groups -OCH3 is 1. The molecule has 0 aliphatic heterocycles. The van der Waals surface area contributed by atoms with E-state index in [9.17, 15) is 9.59 Å². The third-order valence-corrected chi connectivity index (χ3v) is 4.45. The number of carbonyl (C=O) groups excluding carboxylic acids is 2. The Morgan fingerprint density at radius 1 is 1.39 bits per heavy atom. The van der Waals surface area contributed by atoms with E-state index < -0.39 is 12.1 Å². The summed E-state index contributed by atoms with van der Waals surface area (Å²) in [5.41, 5.74) is 1.13. The second kappa shape index (κ2) is 7.15. The number of alkyl carbamates (subject to hydrolysis) is 1. The lowest BCUT2D eigenvalue weighted by atomic mass is 9.96. The van der Waals surface area contributed by atoms with Gasteiger partial charge in [-0.15, -0.1) is 0 Å². The van der Waals surface area contributed by atoms with Crippen molar-refractivity contribution in [2.45, 2.75) is 58.4 Å². The van der Waals surface area contributed by atoms with E-state index in [0.29, 0.717) is 24.2 Å². The van der Waals surface area contributed by atoms with Crippen LogP contribution in [0.25, 0.3) is 0 Å². The topological polar surface area (TPSA) is 84.1 Å². The first-order chi connectivity index (χ1) is 10.8. The van der Waals surface area contributed by atoms with Gasteiger partial charge in [-0.1, -0.05) is 27.7 Å². The van der Waals surface area contributed by atoms with Gasteiger partial charge in [0.1, 0.15) is 5.82 Å². The lowest BCUT2D eigenvalue weighted by Crippen LogP contribution is -2.44. The molecule has 23 heavy (non-hydrogen) atoms. The van der Waals surface area contributed by atoms with Crippen LogP contribution in [0.15, 0.2) is 6.20 Å². The molecule has 0 bridgehead atoms.